The Kier molecular flexibility index (Phi) is 1.46. The van der Waals surface area contributed by atoms with Crippen molar-refractivity contribution in [2.45, 2.75) is 12.8 Å². The van der Waals surface area contributed by atoms with E-state index in [9.17, 15) is 0 Å². The van der Waals surface area contributed by atoms with Gasteiger partial charge in [0.15, 0.2) is 0 Å². The summed E-state index contributed by atoms with van der Waals surface area (Å²) >= 11 is 0. The second kappa shape index (κ2) is 2.00. The third-order valence-electron chi connectivity index (χ3n) is 1.71. The normalized spacial score (nSPS) is 21.6. The van der Waals surface area contributed by atoms with Gasteiger partial charge in [-0.15, -0.1) is 0 Å². The largest absolute Gasteiger partial charge is 0.308 e. The minimum absolute atomic E-state index is 0.0451. The molecule has 0 aromatic carbocycles. The molecule has 2 nitrogen and oxygen atoms in total. The van der Waals surface area contributed by atoms with Gasteiger partial charge in [0.05, 0.1) is 11.5 Å². The summed E-state index contributed by atoms with van der Waals surface area (Å²) in [5.41, 5.74) is 0.0451. The van der Waals surface area contributed by atoms with E-state index in [1.807, 2.05) is 14.1 Å². The lowest BCUT2D eigenvalue weighted by molar-refractivity contribution is 0.352. The lowest BCUT2D eigenvalue weighted by Gasteiger charge is -2.11. The van der Waals surface area contributed by atoms with E-state index < -0.39 is 0 Å². The quantitative estimate of drug-likeness (QED) is 0.545. The molecule has 50 valence electrons. The second-order valence-electron chi connectivity index (χ2n) is 3.13. The second-order valence-corrected chi connectivity index (χ2v) is 3.13. The Morgan fingerprint density at radius 2 is 2.11 bits per heavy atom. The van der Waals surface area contributed by atoms with Crippen molar-refractivity contribution < 1.29 is 0 Å². The topological polar surface area (TPSA) is 27.0 Å². The van der Waals surface area contributed by atoms with Gasteiger partial charge >= 0.3 is 0 Å². The first kappa shape index (κ1) is 6.57. The third kappa shape index (κ3) is 1.43. The Hall–Kier alpha value is -0.550. The minimum atomic E-state index is 0.0451. The number of rotatable bonds is 2. The lowest BCUT2D eigenvalue weighted by Crippen LogP contribution is -2.21. The van der Waals surface area contributed by atoms with Gasteiger partial charge in [-0.25, -0.2) is 0 Å². The van der Waals surface area contributed by atoms with Crippen LogP contribution >= 0.6 is 0 Å². The van der Waals surface area contributed by atoms with E-state index in [1.54, 1.807) is 0 Å². The average Bonchev–Trinajstić information content (AvgIpc) is 2.48. The molecular formula is C7H12N2. The van der Waals surface area contributed by atoms with Crippen LogP contribution in [0.5, 0.6) is 0 Å². The Morgan fingerprint density at radius 1 is 1.56 bits per heavy atom. The highest BCUT2D eigenvalue weighted by Crippen LogP contribution is 2.44. The van der Waals surface area contributed by atoms with Crippen LogP contribution in [0.25, 0.3) is 0 Å². The number of hydrogen-bond acceptors (Lipinski definition) is 2. The molecule has 1 fully saturated rings. The maximum absolute atomic E-state index is 8.63. The molecule has 0 spiro atoms. The fourth-order valence-electron chi connectivity index (χ4n) is 1.06. The summed E-state index contributed by atoms with van der Waals surface area (Å²) in [5.74, 6) is 0. The van der Waals surface area contributed by atoms with Crippen molar-refractivity contribution in [2.75, 3.05) is 20.6 Å². The van der Waals surface area contributed by atoms with Gasteiger partial charge in [-0.05, 0) is 26.9 Å². The van der Waals surface area contributed by atoms with Crippen molar-refractivity contribution in [3.63, 3.8) is 0 Å². The standard InChI is InChI=1S/C7H12N2/c1-9(2)6-7(5-8)3-4-7/h3-4,6H2,1-2H3. The van der Waals surface area contributed by atoms with Crippen molar-refractivity contribution in [3.8, 4) is 6.07 Å². The molecule has 0 aliphatic heterocycles. The fourth-order valence-corrected chi connectivity index (χ4v) is 1.06. The van der Waals surface area contributed by atoms with E-state index in [2.05, 4.69) is 11.0 Å². The van der Waals surface area contributed by atoms with Crippen molar-refractivity contribution >= 4 is 0 Å². The van der Waals surface area contributed by atoms with Crippen LogP contribution in [0, 0.1) is 16.7 Å². The minimum Gasteiger partial charge on any atom is -0.308 e. The summed E-state index contributed by atoms with van der Waals surface area (Å²) in [6.45, 7) is 0.934. The van der Waals surface area contributed by atoms with Gasteiger partial charge < -0.3 is 4.90 Å². The summed E-state index contributed by atoms with van der Waals surface area (Å²) in [4.78, 5) is 2.08. The molecule has 0 radical (unpaired) electrons. The smallest absolute Gasteiger partial charge is 0.0703 e. The van der Waals surface area contributed by atoms with Gasteiger partial charge in [0.1, 0.15) is 0 Å². The molecule has 0 atom stereocenters. The van der Waals surface area contributed by atoms with Gasteiger partial charge in [-0.2, -0.15) is 5.26 Å². The molecule has 1 rings (SSSR count). The maximum atomic E-state index is 8.63. The van der Waals surface area contributed by atoms with E-state index in [1.165, 1.54) is 0 Å². The van der Waals surface area contributed by atoms with Crippen LogP contribution in [-0.4, -0.2) is 25.5 Å². The molecule has 0 unspecified atom stereocenters. The molecule has 0 amide bonds. The van der Waals surface area contributed by atoms with Gasteiger partial charge in [0.2, 0.25) is 0 Å². The molecule has 0 N–H and O–H groups in total. The summed E-state index contributed by atoms with van der Waals surface area (Å²) in [7, 11) is 4.02. The van der Waals surface area contributed by atoms with E-state index in [-0.39, 0.29) is 5.41 Å². The van der Waals surface area contributed by atoms with Crippen LogP contribution in [0.15, 0.2) is 0 Å². The summed E-state index contributed by atoms with van der Waals surface area (Å²) in [5, 5.41) is 8.63. The highest BCUT2D eigenvalue weighted by atomic mass is 15.1. The van der Waals surface area contributed by atoms with Crippen LogP contribution in [0.2, 0.25) is 0 Å². The predicted octanol–water partition coefficient (Wildman–Crippen LogP) is 0.852. The van der Waals surface area contributed by atoms with Crippen LogP contribution in [-0.2, 0) is 0 Å². The molecule has 1 saturated carbocycles. The highest BCUT2D eigenvalue weighted by Gasteiger charge is 2.43. The van der Waals surface area contributed by atoms with E-state index >= 15 is 0 Å². The SMILES string of the molecule is CN(C)CC1(C#N)CC1. The monoisotopic (exact) mass is 124 g/mol. The fraction of sp³-hybridized carbons (Fsp3) is 0.857. The van der Waals surface area contributed by atoms with Crippen molar-refractivity contribution in [1.29, 1.82) is 5.26 Å². The van der Waals surface area contributed by atoms with Crippen LogP contribution in [0.1, 0.15) is 12.8 Å². The molecule has 0 aromatic heterocycles. The predicted molar refractivity (Wildman–Crippen MR) is 35.8 cm³/mol. The lowest BCUT2D eigenvalue weighted by atomic mass is 10.1. The van der Waals surface area contributed by atoms with Crippen LogP contribution in [0.4, 0.5) is 0 Å². The molecule has 0 heterocycles. The van der Waals surface area contributed by atoms with E-state index in [0.717, 1.165) is 19.4 Å². The molecule has 0 aromatic rings. The van der Waals surface area contributed by atoms with Gasteiger partial charge in [0, 0.05) is 6.54 Å². The van der Waals surface area contributed by atoms with Crippen molar-refractivity contribution in [2.24, 2.45) is 5.41 Å². The first-order valence-electron chi connectivity index (χ1n) is 3.24. The van der Waals surface area contributed by atoms with Gasteiger partial charge in [-0.1, -0.05) is 0 Å². The third-order valence-corrected chi connectivity index (χ3v) is 1.71. The Bertz CT molecular complexity index is 139. The van der Waals surface area contributed by atoms with Crippen LogP contribution < -0.4 is 0 Å². The molecule has 1 aliphatic carbocycles. The average molecular weight is 124 g/mol. The molecule has 2 heteroatoms. The van der Waals surface area contributed by atoms with E-state index in [0.29, 0.717) is 0 Å². The summed E-state index contributed by atoms with van der Waals surface area (Å²) in [6.07, 6.45) is 2.20. The number of nitriles is 1. The van der Waals surface area contributed by atoms with Crippen molar-refractivity contribution in [1.82, 2.24) is 4.90 Å². The first-order valence-corrected chi connectivity index (χ1v) is 3.24. The first-order chi connectivity index (χ1) is 4.18. The molecular weight excluding hydrogens is 112 g/mol. The zero-order valence-corrected chi connectivity index (χ0v) is 6.02. The van der Waals surface area contributed by atoms with Gasteiger partial charge in [-0.3, -0.25) is 0 Å². The maximum Gasteiger partial charge on any atom is 0.0703 e. The molecule has 0 bridgehead atoms. The Morgan fingerprint density at radius 3 is 2.22 bits per heavy atom. The Balaban J connectivity index is 2.36. The number of hydrogen-bond donors (Lipinski definition) is 0. The van der Waals surface area contributed by atoms with E-state index in [4.69, 9.17) is 5.26 Å². The zero-order valence-electron chi connectivity index (χ0n) is 6.02. The van der Waals surface area contributed by atoms with Crippen LogP contribution in [0.3, 0.4) is 0 Å². The Labute approximate surface area is 56.1 Å². The zero-order chi connectivity index (χ0) is 6.91. The highest BCUT2D eigenvalue weighted by molar-refractivity contribution is 5.10. The molecule has 0 saturated heterocycles. The molecule has 1 aliphatic rings. The summed E-state index contributed by atoms with van der Waals surface area (Å²) < 4.78 is 0. The summed E-state index contributed by atoms with van der Waals surface area (Å²) in [6, 6.07) is 2.34. The van der Waals surface area contributed by atoms with Crippen molar-refractivity contribution in [3.05, 3.63) is 0 Å². The number of nitrogens with zero attached hydrogens (tertiary/aromatic N) is 2. The molecule has 9 heavy (non-hydrogen) atoms. The van der Waals surface area contributed by atoms with Gasteiger partial charge in [0.25, 0.3) is 0 Å².